The summed E-state index contributed by atoms with van der Waals surface area (Å²) in [5, 5.41) is 4.06. The van der Waals surface area contributed by atoms with Crippen LogP contribution in [0.3, 0.4) is 0 Å². The van der Waals surface area contributed by atoms with E-state index in [4.69, 9.17) is 11.6 Å². The molecule has 0 unspecified atom stereocenters. The van der Waals surface area contributed by atoms with Gasteiger partial charge in [-0.15, -0.1) is 5.10 Å². The summed E-state index contributed by atoms with van der Waals surface area (Å²) < 4.78 is 4.60. The highest BCUT2D eigenvalue weighted by atomic mass is 35.5. The van der Waals surface area contributed by atoms with Crippen molar-refractivity contribution in [2.75, 3.05) is 32.7 Å². The number of piperazine rings is 1. The summed E-state index contributed by atoms with van der Waals surface area (Å²) >= 11 is 7.28. The Morgan fingerprint density at radius 2 is 1.88 bits per heavy atom. The van der Waals surface area contributed by atoms with Crippen molar-refractivity contribution in [1.29, 1.82) is 0 Å². The second-order valence-electron chi connectivity index (χ2n) is 4.96. The SMILES string of the molecule is CC(C)CN1CCN(Cc2nnsc2Cl)CC1. The minimum Gasteiger partial charge on any atom is -0.301 e. The Kier molecular flexibility index (Phi) is 4.73. The quantitative estimate of drug-likeness (QED) is 0.840. The molecule has 0 atom stereocenters. The molecule has 0 amide bonds. The highest BCUT2D eigenvalue weighted by molar-refractivity contribution is 7.10. The first-order valence-electron chi connectivity index (χ1n) is 6.06. The van der Waals surface area contributed by atoms with Crippen molar-refractivity contribution in [3.63, 3.8) is 0 Å². The predicted molar refractivity (Wildman–Crippen MR) is 71.5 cm³/mol. The minimum absolute atomic E-state index is 0.731. The first kappa shape index (κ1) is 13.2. The van der Waals surface area contributed by atoms with E-state index in [2.05, 4.69) is 33.2 Å². The summed E-state index contributed by atoms with van der Waals surface area (Å²) in [6.45, 7) is 11.1. The van der Waals surface area contributed by atoms with Crippen molar-refractivity contribution in [2.24, 2.45) is 5.92 Å². The molecular formula is C11H19ClN4S. The van der Waals surface area contributed by atoms with Gasteiger partial charge in [-0.3, -0.25) is 4.90 Å². The maximum atomic E-state index is 6.01. The number of hydrogen-bond acceptors (Lipinski definition) is 5. The van der Waals surface area contributed by atoms with Crippen LogP contribution in [0.4, 0.5) is 0 Å². The molecule has 0 spiro atoms. The van der Waals surface area contributed by atoms with E-state index in [1.54, 1.807) is 0 Å². The molecule has 0 aromatic carbocycles. The zero-order chi connectivity index (χ0) is 12.3. The molecule has 1 aromatic rings. The number of aromatic nitrogens is 2. The molecule has 1 aliphatic rings. The Morgan fingerprint density at radius 1 is 1.24 bits per heavy atom. The van der Waals surface area contributed by atoms with Gasteiger partial charge >= 0.3 is 0 Å². The topological polar surface area (TPSA) is 32.3 Å². The Morgan fingerprint density at radius 3 is 2.41 bits per heavy atom. The highest BCUT2D eigenvalue weighted by Gasteiger charge is 2.19. The summed E-state index contributed by atoms with van der Waals surface area (Å²) in [7, 11) is 0. The van der Waals surface area contributed by atoms with Crippen LogP contribution in [-0.2, 0) is 6.54 Å². The molecule has 4 nitrogen and oxygen atoms in total. The van der Waals surface area contributed by atoms with Crippen molar-refractivity contribution in [1.82, 2.24) is 19.4 Å². The number of nitrogens with zero attached hydrogens (tertiary/aromatic N) is 4. The lowest BCUT2D eigenvalue weighted by molar-refractivity contribution is 0.116. The van der Waals surface area contributed by atoms with Gasteiger partial charge in [-0.25, -0.2) is 0 Å². The van der Waals surface area contributed by atoms with E-state index < -0.39 is 0 Å². The molecule has 1 fully saturated rings. The fourth-order valence-corrected chi connectivity index (χ4v) is 2.76. The molecular weight excluding hydrogens is 256 g/mol. The lowest BCUT2D eigenvalue weighted by Crippen LogP contribution is -2.46. The van der Waals surface area contributed by atoms with E-state index in [1.807, 2.05) is 0 Å². The zero-order valence-corrected chi connectivity index (χ0v) is 12.0. The van der Waals surface area contributed by atoms with Crippen molar-refractivity contribution in [3.8, 4) is 0 Å². The van der Waals surface area contributed by atoms with Gasteiger partial charge in [0.25, 0.3) is 0 Å². The fraction of sp³-hybridized carbons (Fsp3) is 0.818. The molecule has 0 saturated carbocycles. The fourth-order valence-electron chi connectivity index (χ4n) is 2.15. The van der Waals surface area contributed by atoms with Crippen LogP contribution in [0.25, 0.3) is 0 Å². The van der Waals surface area contributed by atoms with Crippen molar-refractivity contribution in [2.45, 2.75) is 20.4 Å². The number of hydrogen-bond donors (Lipinski definition) is 0. The summed E-state index contributed by atoms with van der Waals surface area (Å²) in [6, 6.07) is 0. The maximum Gasteiger partial charge on any atom is 0.138 e. The van der Waals surface area contributed by atoms with Gasteiger partial charge in [-0.2, -0.15) is 0 Å². The molecule has 0 radical (unpaired) electrons. The molecule has 1 aliphatic heterocycles. The third-order valence-electron chi connectivity index (χ3n) is 2.97. The minimum atomic E-state index is 0.731. The summed E-state index contributed by atoms with van der Waals surface area (Å²) in [6.07, 6.45) is 0. The van der Waals surface area contributed by atoms with Gasteiger partial charge < -0.3 is 4.90 Å². The number of rotatable bonds is 4. The van der Waals surface area contributed by atoms with Gasteiger partial charge in [0.2, 0.25) is 0 Å². The number of halogens is 1. The average molecular weight is 275 g/mol. The van der Waals surface area contributed by atoms with Crippen LogP contribution in [0.15, 0.2) is 0 Å². The Bertz CT molecular complexity index is 347. The first-order chi connectivity index (χ1) is 8.15. The smallest absolute Gasteiger partial charge is 0.138 e. The molecule has 0 bridgehead atoms. The van der Waals surface area contributed by atoms with Crippen molar-refractivity contribution < 1.29 is 0 Å². The Labute approximate surface area is 112 Å². The van der Waals surface area contributed by atoms with Gasteiger partial charge in [0.1, 0.15) is 10.0 Å². The maximum absolute atomic E-state index is 6.01. The molecule has 0 aliphatic carbocycles. The molecule has 17 heavy (non-hydrogen) atoms. The second kappa shape index (κ2) is 6.09. The van der Waals surface area contributed by atoms with E-state index in [0.717, 1.165) is 48.7 Å². The predicted octanol–water partition coefficient (Wildman–Crippen LogP) is 1.97. The van der Waals surface area contributed by atoms with Gasteiger partial charge in [0, 0.05) is 50.8 Å². The monoisotopic (exact) mass is 274 g/mol. The van der Waals surface area contributed by atoms with E-state index in [1.165, 1.54) is 18.1 Å². The Balaban J connectivity index is 1.78. The van der Waals surface area contributed by atoms with Crippen LogP contribution in [0.2, 0.25) is 4.34 Å². The molecule has 96 valence electrons. The van der Waals surface area contributed by atoms with Gasteiger partial charge in [-0.05, 0) is 5.92 Å². The normalized spacial score (nSPS) is 19.1. The highest BCUT2D eigenvalue weighted by Crippen LogP contribution is 2.19. The molecule has 1 saturated heterocycles. The van der Waals surface area contributed by atoms with Crippen LogP contribution < -0.4 is 0 Å². The summed E-state index contributed by atoms with van der Waals surface area (Å²) in [5.41, 5.74) is 0.925. The average Bonchev–Trinajstić information content (AvgIpc) is 2.67. The van der Waals surface area contributed by atoms with E-state index in [-0.39, 0.29) is 0 Å². The van der Waals surface area contributed by atoms with Gasteiger partial charge in [0.05, 0.1) is 0 Å². The van der Waals surface area contributed by atoms with E-state index >= 15 is 0 Å². The lowest BCUT2D eigenvalue weighted by atomic mass is 10.2. The van der Waals surface area contributed by atoms with Crippen LogP contribution in [0.1, 0.15) is 19.5 Å². The van der Waals surface area contributed by atoms with Crippen LogP contribution in [-0.4, -0.2) is 52.1 Å². The summed E-state index contributed by atoms with van der Waals surface area (Å²) in [4.78, 5) is 4.93. The summed E-state index contributed by atoms with van der Waals surface area (Å²) in [5.74, 6) is 0.749. The molecule has 2 heterocycles. The zero-order valence-electron chi connectivity index (χ0n) is 10.4. The van der Waals surface area contributed by atoms with Gasteiger partial charge in [-0.1, -0.05) is 29.9 Å². The lowest BCUT2D eigenvalue weighted by Gasteiger charge is -2.35. The first-order valence-corrected chi connectivity index (χ1v) is 7.21. The second-order valence-corrected chi connectivity index (χ2v) is 6.32. The molecule has 1 aromatic heterocycles. The van der Waals surface area contributed by atoms with Crippen molar-refractivity contribution >= 4 is 23.1 Å². The third-order valence-corrected chi connectivity index (χ3v) is 3.96. The van der Waals surface area contributed by atoms with Crippen LogP contribution in [0, 0.1) is 5.92 Å². The third kappa shape index (κ3) is 3.88. The van der Waals surface area contributed by atoms with Crippen LogP contribution >= 0.6 is 23.1 Å². The molecule has 0 N–H and O–H groups in total. The Hall–Kier alpha value is -0.230. The van der Waals surface area contributed by atoms with E-state index in [0.29, 0.717) is 0 Å². The van der Waals surface area contributed by atoms with E-state index in [9.17, 15) is 0 Å². The largest absolute Gasteiger partial charge is 0.301 e. The standard InChI is InChI=1S/C11H19ClN4S/c1-9(2)7-15-3-5-16(6-4-15)8-10-11(12)17-14-13-10/h9H,3-8H2,1-2H3. The molecule has 2 rings (SSSR count). The van der Waals surface area contributed by atoms with Crippen LogP contribution in [0.5, 0.6) is 0 Å². The molecule has 6 heteroatoms. The van der Waals surface area contributed by atoms with Crippen molar-refractivity contribution in [3.05, 3.63) is 10.0 Å². The van der Waals surface area contributed by atoms with Gasteiger partial charge in [0.15, 0.2) is 0 Å².